The fraction of sp³-hybridized carbons (Fsp3) is 0.182. The molecule has 14 heavy (non-hydrogen) atoms. The Bertz CT molecular complexity index is 393. The maximum atomic E-state index is 11.6. The molecule has 0 aliphatic heterocycles. The lowest BCUT2D eigenvalue weighted by molar-refractivity contribution is 0.0998. The zero-order valence-electron chi connectivity index (χ0n) is 7.60. The third kappa shape index (κ3) is 3.28. The molecule has 0 atom stereocenters. The van der Waals surface area contributed by atoms with Crippen molar-refractivity contribution < 1.29 is 4.79 Å². The first kappa shape index (κ1) is 11.5. The summed E-state index contributed by atoms with van der Waals surface area (Å²) in [5.41, 5.74) is 0.675. The van der Waals surface area contributed by atoms with Gasteiger partial charge >= 0.3 is 0 Å². The van der Waals surface area contributed by atoms with E-state index in [1.165, 1.54) is 0 Å². The molecule has 1 aromatic carbocycles. The number of hydrogen-bond donors (Lipinski definition) is 0. The van der Waals surface area contributed by atoms with Gasteiger partial charge in [0.05, 0.1) is 6.42 Å². The van der Waals surface area contributed by atoms with Crippen LogP contribution < -0.4 is 0 Å². The van der Waals surface area contributed by atoms with Crippen LogP contribution >= 0.6 is 31.9 Å². The van der Waals surface area contributed by atoms with E-state index in [1.54, 1.807) is 19.1 Å². The first-order chi connectivity index (χ1) is 6.63. The number of carbonyl (C=O) groups is 1. The van der Waals surface area contributed by atoms with E-state index in [9.17, 15) is 4.79 Å². The van der Waals surface area contributed by atoms with Crippen molar-refractivity contribution in [1.82, 2.24) is 0 Å². The second-order valence-electron chi connectivity index (χ2n) is 2.68. The molecule has 0 saturated carbocycles. The summed E-state index contributed by atoms with van der Waals surface area (Å²) in [7, 11) is 0. The van der Waals surface area contributed by atoms with E-state index >= 15 is 0 Å². The minimum absolute atomic E-state index is 0.0429. The number of carbonyl (C=O) groups excluding carboxylic acids is 1. The average molecular weight is 316 g/mol. The Morgan fingerprint density at radius 1 is 1.29 bits per heavy atom. The molecular weight excluding hydrogens is 308 g/mol. The summed E-state index contributed by atoms with van der Waals surface area (Å²) in [5, 5.41) is 0. The second kappa shape index (κ2) is 5.33. The van der Waals surface area contributed by atoms with Crippen LogP contribution in [0.3, 0.4) is 0 Å². The average Bonchev–Trinajstić information content (AvgIpc) is 2.12. The molecule has 0 heterocycles. The standard InChI is InChI=1S/C11H8Br2O/c1-2-3-4-11(14)8-5-9(12)7-10(13)6-8/h5-7H,4H2,1H3. The van der Waals surface area contributed by atoms with Gasteiger partial charge in [0.25, 0.3) is 0 Å². The number of benzene rings is 1. The van der Waals surface area contributed by atoms with Crippen LogP contribution in [-0.2, 0) is 0 Å². The van der Waals surface area contributed by atoms with Gasteiger partial charge in [0, 0.05) is 14.5 Å². The molecule has 0 bridgehead atoms. The maximum absolute atomic E-state index is 11.6. The van der Waals surface area contributed by atoms with Gasteiger partial charge in [0.2, 0.25) is 0 Å². The van der Waals surface area contributed by atoms with Crippen LogP contribution in [-0.4, -0.2) is 5.78 Å². The van der Waals surface area contributed by atoms with E-state index in [0.29, 0.717) is 5.56 Å². The zero-order valence-corrected chi connectivity index (χ0v) is 10.8. The highest BCUT2D eigenvalue weighted by Gasteiger charge is 2.05. The van der Waals surface area contributed by atoms with Crippen LogP contribution in [0, 0.1) is 11.8 Å². The van der Waals surface area contributed by atoms with Crippen molar-refractivity contribution in [1.29, 1.82) is 0 Å². The summed E-state index contributed by atoms with van der Waals surface area (Å²) in [5.74, 6) is 5.50. The van der Waals surface area contributed by atoms with Gasteiger partial charge < -0.3 is 0 Å². The lowest BCUT2D eigenvalue weighted by Crippen LogP contribution is -1.97. The largest absolute Gasteiger partial charge is 0.293 e. The fourth-order valence-corrected chi connectivity index (χ4v) is 2.28. The molecule has 0 fully saturated rings. The molecule has 0 amide bonds. The van der Waals surface area contributed by atoms with E-state index in [0.717, 1.165) is 8.95 Å². The SMILES string of the molecule is CC#CCC(=O)c1cc(Br)cc(Br)c1. The van der Waals surface area contributed by atoms with Crippen LogP contribution in [0.1, 0.15) is 23.7 Å². The van der Waals surface area contributed by atoms with Gasteiger partial charge in [-0.1, -0.05) is 37.8 Å². The first-order valence-corrected chi connectivity index (χ1v) is 5.61. The molecule has 0 aromatic heterocycles. The second-order valence-corrected chi connectivity index (χ2v) is 4.52. The molecule has 0 aliphatic rings. The third-order valence-electron chi connectivity index (χ3n) is 1.61. The summed E-state index contributed by atoms with van der Waals surface area (Å²) >= 11 is 6.66. The van der Waals surface area contributed by atoms with Crippen LogP contribution in [0.25, 0.3) is 0 Å². The number of Topliss-reactive ketones (excluding diaryl/α,β-unsaturated/α-hetero) is 1. The third-order valence-corrected chi connectivity index (χ3v) is 2.53. The highest BCUT2D eigenvalue weighted by atomic mass is 79.9. The molecule has 0 saturated heterocycles. The molecule has 0 spiro atoms. The minimum Gasteiger partial charge on any atom is -0.293 e. The van der Waals surface area contributed by atoms with Crippen molar-refractivity contribution in [3.8, 4) is 11.8 Å². The van der Waals surface area contributed by atoms with Crippen molar-refractivity contribution in [2.45, 2.75) is 13.3 Å². The molecule has 1 nitrogen and oxygen atoms in total. The Kier molecular flexibility index (Phi) is 4.37. The molecule has 0 N–H and O–H groups in total. The van der Waals surface area contributed by atoms with Crippen LogP contribution in [0.4, 0.5) is 0 Å². The van der Waals surface area contributed by atoms with E-state index in [2.05, 4.69) is 43.7 Å². The topological polar surface area (TPSA) is 17.1 Å². The van der Waals surface area contributed by atoms with Crippen molar-refractivity contribution >= 4 is 37.6 Å². The fourth-order valence-electron chi connectivity index (χ4n) is 0.986. The van der Waals surface area contributed by atoms with Gasteiger partial charge in [-0.05, 0) is 25.1 Å². The summed E-state index contributed by atoms with van der Waals surface area (Å²) in [4.78, 5) is 11.6. The van der Waals surface area contributed by atoms with Gasteiger partial charge in [-0.3, -0.25) is 4.79 Å². The van der Waals surface area contributed by atoms with Crippen molar-refractivity contribution in [2.75, 3.05) is 0 Å². The lowest BCUT2D eigenvalue weighted by atomic mass is 10.1. The quantitative estimate of drug-likeness (QED) is 0.599. The molecule has 1 rings (SSSR count). The van der Waals surface area contributed by atoms with Crippen LogP contribution in [0.2, 0.25) is 0 Å². The smallest absolute Gasteiger partial charge is 0.174 e. The Morgan fingerprint density at radius 3 is 2.36 bits per heavy atom. The number of rotatable bonds is 2. The number of halogens is 2. The van der Waals surface area contributed by atoms with E-state index in [1.807, 2.05) is 6.07 Å². The Balaban J connectivity index is 2.93. The molecule has 0 aliphatic carbocycles. The van der Waals surface area contributed by atoms with Gasteiger partial charge in [0.1, 0.15) is 0 Å². The van der Waals surface area contributed by atoms with Gasteiger partial charge in [-0.2, -0.15) is 0 Å². The molecule has 0 unspecified atom stereocenters. The summed E-state index contributed by atoms with van der Waals surface area (Å²) in [6.45, 7) is 1.73. The highest BCUT2D eigenvalue weighted by Crippen LogP contribution is 2.20. The Hall–Kier alpha value is -0.590. The van der Waals surface area contributed by atoms with Gasteiger partial charge in [-0.15, -0.1) is 5.92 Å². The summed E-state index contributed by atoms with van der Waals surface area (Å²) in [6, 6.07) is 5.48. The first-order valence-electron chi connectivity index (χ1n) is 4.02. The minimum atomic E-state index is 0.0429. The van der Waals surface area contributed by atoms with Gasteiger partial charge in [-0.25, -0.2) is 0 Å². The van der Waals surface area contributed by atoms with Crippen LogP contribution in [0.15, 0.2) is 27.1 Å². The highest BCUT2D eigenvalue weighted by molar-refractivity contribution is 9.11. The van der Waals surface area contributed by atoms with Crippen molar-refractivity contribution in [3.63, 3.8) is 0 Å². The zero-order chi connectivity index (χ0) is 10.6. The molecule has 3 heteroatoms. The van der Waals surface area contributed by atoms with E-state index in [-0.39, 0.29) is 12.2 Å². The molecule has 72 valence electrons. The molecule has 0 radical (unpaired) electrons. The van der Waals surface area contributed by atoms with Crippen molar-refractivity contribution in [2.24, 2.45) is 0 Å². The predicted molar refractivity (Wildman–Crippen MR) is 64.2 cm³/mol. The monoisotopic (exact) mass is 314 g/mol. The van der Waals surface area contributed by atoms with Gasteiger partial charge in [0.15, 0.2) is 5.78 Å². The lowest BCUT2D eigenvalue weighted by Gasteiger charge is -1.99. The molecule has 1 aromatic rings. The van der Waals surface area contributed by atoms with E-state index < -0.39 is 0 Å². The number of ketones is 1. The van der Waals surface area contributed by atoms with Crippen molar-refractivity contribution in [3.05, 3.63) is 32.7 Å². The Labute approximate surface area is 100 Å². The summed E-state index contributed by atoms with van der Waals surface area (Å²) in [6.07, 6.45) is 0.277. The molecular formula is C11H8Br2O. The predicted octanol–water partition coefficient (Wildman–Crippen LogP) is 3.81. The number of hydrogen-bond acceptors (Lipinski definition) is 1. The normalized spacial score (nSPS) is 9.07. The Morgan fingerprint density at radius 2 is 1.86 bits per heavy atom. The maximum Gasteiger partial charge on any atom is 0.174 e. The van der Waals surface area contributed by atoms with Crippen LogP contribution in [0.5, 0.6) is 0 Å². The summed E-state index contributed by atoms with van der Waals surface area (Å²) < 4.78 is 1.78. The van der Waals surface area contributed by atoms with E-state index in [4.69, 9.17) is 0 Å².